The smallest absolute Gasteiger partial charge is 0.484 e. The maximum atomic E-state index is 13.2. The number of carbonyl (C=O) groups is 1. The van der Waals surface area contributed by atoms with Gasteiger partial charge in [0.1, 0.15) is 17.5 Å². The van der Waals surface area contributed by atoms with Gasteiger partial charge >= 0.3 is 21.7 Å². The molecule has 4 rings (SSSR count). The predicted molar refractivity (Wildman–Crippen MR) is 140 cm³/mol. The molecule has 0 spiro atoms. The van der Waals surface area contributed by atoms with Gasteiger partial charge in [0.05, 0.1) is 12.1 Å². The molecule has 1 atom stereocenters. The molecule has 7 nitrogen and oxygen atoms in total. The maximum Gasteiger partial charge on any atom is 0.534 e. The van der Waals surface area contributed by atoms with Crippen molar-refractivity contribution in [1.82, 2.24) is 4.90 Å². The number of hydrogen-bond acceptors (Lipinski definition) is 6. The van der Waals surface area contributed by atoms with Gasteiger partial charge in [-0.2, -0.15) is 21.6 Å². The summed E-state index contributed by atoms with van der Waals surface area (Å²) in [7, 11) is -5.93. The van der Waals surface area contributed by atoms with Crippen LogP contribution in [0.1, 0.15) is 31.9 Å². The molecule has 0 aliphatic carbocycles. The number of rotatable bonds is 7. The van der Waals surface area contributed by atoms with E-state index in [1.807, 2.05) is 42.5 Å². The summed E-state index contributed by atoms with van der Waals surface area (Å²) in [4.78, 5) is 14.5. The Balaban J connectivity index is 1.62. The summed E-state index contributed by atoms with van der Waals surface area (Å²) in [6, 6.07) is 19.6. The Bertz CT molecular complexity index is 1490. The third kappa shape index (κ3) is 6.83. The number of carbonyl (C=O) groups excluding carboxylic acids is 1. The standard InChI is InChI=1S/C28H28F3NO6S/c1-27(2,3)37-26(33)32(16-15-20-11-8-10-19-9-4-5-12-22(19)20)18-21-17-25(38-39(34,35)28(29,30)31)23-13-6-7-14-24(23)36-21/h4-14,17,21H,15-16,18H2,1-3H3/t21-/m1/s1. The summed E-state index contributed by atoms with van der Waals surface area (Å²) in [5.74, 6) is -0.409. The molecule has 0 unspecified atom stereocenters. The summed E-state index contributed by atoms with van der Waals surface area (Å²) in [6.07, 6.45) is -0.0808. The molecule has 0 N–H and O–H groups in total. The zero-order valence-electron chi connectivity index (χ0n) is 21.6. The number of hydrogen-bond donors (Lipinski definition) is 0. The van der Waals surface area contributed by atoms with Crippen LogP contribution in [0.5, 0.6) is 5.75 Å². The molecule has 39 heavy (non-hydrogen) atoms. The molecule has 1 heterocycles. The van der Waals surface area contributed by atoms with Crippen LogP contribution in [0, 0.1) is 0 Å². The molecule has 11 heteroatoms. The molecule has 0 radical (unpaired) electrons. The fourth-order valence-electron chi connectivity index (χ4n) is 4.12. The van der Waals surface area contributed by atoms with Crippen LogP contribution in [0.3, 0.4) is 0 Å². The van der Waals surface area contributed by atoms with E-state index in [-0.39, 0.29) is 24.4 Å². The second-order valence-electron chi connectivity index (χ2n) is 9.98. The topological polar surface area (TPSA) is 82.1 Å². The second-order valence-corrected chi connectivity index (χ2v) is 11.5. The van der Waals surface area contributed by atoms with Gasteiger partial charge in [-0.05, 0) is 55.7 Å². The number of halogens is 3. The predicted octanol–water partition coefficient (Wildman–Crippen LogP) is 6.29. The number of fused-ring (bicyclic) bond motifs is 2. The van der Waals surface area contributed by atoms with E-state index >= 15 is 0 Å². The van der Waals surface area contributed by atoms with Gasteiger partial charge in [0.25, 0.3) is 0 Å². The number of benzene rings is 3. The van der Waals surface area contributed by atoms with Crippen LogP contribution in [0.25, 0.3) is 16.5 Å². The average molecular weight is 564 g/mol. The lowest BCUT2D eigenvalue weighted by Gasteiger charge is -2.32. The molecule has 1 amide bonds. The molecule has 0 fully saturated rings. The van der Waals surface area contributed by atoms with Crippen LogP contribution in [0.2, 0.25) is 0 Å². The van der Waals surface area contributed by atoms with Gasteiger partial charge < -0.3 is 18.6 Å². The summed E-state index contributed by atoms with van der Waals surface area (Å²) >= 11 is 0. The Kier molecular flexibility index (Phi) is 7.83. The maximum absolute atomic E-state index is 13.2. The van der Waals surface area contributed by atoms with E-state index in [0.29, 0.717) is 6.42 Å². The van der Waals surface area contributed by atoms with Gasteiger partial charge in [0.15, 0.2) is 5.76 Å². The molecule has 208 valence electrons. The van der Waals surface area contributed by atoms with E-state index in [2.05, 4.69) is 4.18 Å². The highest BCUT2D eigenvalue weighted by molar-refractivity contribution is 7.87. The van der Waals surface area contributed by atoms with Gasteiger partial charge in [-0.1, -0.05) is 54.6 Å². The first-order valence-electron chi connectivity index (χ1n) is 12.2. The molecule has 0 saturated carbocycles. The molecular weight excluding hydrogens is 535 g/mol. The highest BCUT2D eigenvalue weighted by Gasteiger charge is 2.49. The Labute approximate surface area is 224 Å². The van der Waals surface area contributed by atoms with Gasteiger partial charge in [0.2, 0.25) is 0 Å². The number of amides is 1. The van der Waals surface area contributed by atoms with Crippen molar-refractivity contribution in [2.75, 3.05) is 13.1 Å². The van der Waals surface area contributed by atoms with Crippen molar-refractivity contribution < 1.29 is 40.0 Å². The summed E-state index contributed by atoms with van der Waals surface area (Å²) in [5, 5.41) is 2.07. The highest BCUT2D eigenvalue weighted by Crippen LogP contribution is 2.37. The van der Waals surface area contributed by atoms with Crippen LogP contribution < -0.4 is 4.74 Å². The monoisotopic (exact) mass is 563 g/mol. The number of ether oxygens (including phenoxy) is 2. The molecule has 0 aromatic heterocycles. The summed E-state index contributed by atoms with van der Waals surface area (Å²) in [5.41, 5.74) is -5.38. The summed E-state index contributed by atoms with van der Waals surface area (Å²) in [6.45, 7) is 5.22. The number of alkyl halides is 3. The van der Waals surface area contributed by atoms with Crippen molar-refractivity contribution in [3.63, 3.8) is 0 Å². The molecule has 1 aliphatic rings. The first-order chi connectivity index (χ1) is 18.2. The van der Waals surface area contributed by atoms with Crippen molar-refractivity contribution >= 4 is 32.7 Å². The van der Waals surface area contributed by atoms with Crippen molar-refractivity contribution in [1.29, 1.82) is 0 Å². The molecule has 3 aromatic rings. The van der Waals surface area contributed by atoms with E-state index in [0.717, 1.165) is 22.4 Å². The van der Waals surface area contributed by atoms with Crippen molar-refractivity contribution in [3.05, 3.63) is 83.9 Å². The zero-order chi connectivity index (χ0) is 28.4. The van der Waals surface area contributed by atoms with Gasteiger partial charge in [-0.3, -0.25) is 0 Å². The molecule has 3 aromatic carbocycles. The van der Waals surface area contributed by atoms with E-state index in [1.54, 1.807) is 26.8 Å². The highest BCUT2D eigenvalue weighted by atomic mass is 32.2. The van der Waals surface area contributed by atoms with Gasteiger partial charge in [0, 0.05) is 12.6 Å². The molecule has 0 saturated heterocycles. The second kappa shape index (κ2) is 10.8. The van der Waals surface area contributed by atoms with Crippen LogP contribution in [-0.4, -0.2) is 49.7 Å². The van der Waals surface area contributed by atoms with E-state index < -0.39 is 39.2 Å². The fraction of sp³-hybridized carbons (Fsp3) is 0.321. The van der Waals surface area contributed by atoms with Crippen molar-refractivity contribution in [2.45, 2.75) is 44.4 Å². The first kappa shape index (κ1) is 28.3. The average Bonchev–Trinajstić information content (AvgIpc) is 2.84. The lowest BCUT2D eigenvalue weighted by atomic mass is 10.0. The minimum atomic E-state index is -5.93. The normalized spacial score (nSPS) is 15.6. The number of para-hydroxylation sites is 1. The minimum Gasteiger partial charge on any atom is -0.484 e. The molecular formula is C28H28F3NO6S. The molecule has 0 bridgehead atoms. The van der Waals surface area contributed by atoms with E-state index in [4.69, 9.17) is 9.47 Å². The van der Waals surface area contributed by atoms with Crippen molar-refractivity contribution in [3.8, 4) is 5.75 Å². The summed E-state index contributed by atoms with van der Waals surface area (Å²) < 4.78 is 78.7. The minimum absolute atomic E-state index is 0.0427. The number of nitrogens with zero attached hydrogens (tertiary/aromatic N) is 1. The Hall–Kier alpha value is -3.73. The Morgan fingerprint density at radius 1 is 0.974 bits per heavy atom. The third-order valence-corrected chi connectivity index (χ3v) is 6.80. The largest absolute Gasteiger partial charge is 0.534 e. The Morgan fingerprint density at radius 3 is 2.36 bits per heavy atom. The van der Waals surface area contributed by atoms with Crippen LogP contribution in [0.4, 0.5) is 18.0 Å². The van der Waals surface area contributed by atoms with Crippen molar-refractivity contribution in [2.24, 2.45) is 0 Å². The lowest BCUT2D eigenvalue weighted by molar-refractivity contribution is -0.0510. The molecule has 1 aliphatic heterocycles. The lowest BCUT2D eigenvalue weighted by Crippen LogP contribution is -2.43. The van der Waals surface area contributed by atoms with Gasteiger partial charge in [-0.25, -0.2) is 4.79 Å². The first-order valence-corrected chi connectivity index (χ1v) is 13.6. The fourth-order valence-corrected chi connectivity index (χ4v) is 4.60. The third-order valence-electron chi connectivity index (χ3n) is 5.83. The van der Waals surface area contributed by atoms with E-state index in [1.165, 1.54) is 23.1 Å². The van der Waals surface area contributed by atoms with Crippen LogP contribution >= 0.6 is 0 Å². The quantitative estimate of drug-likeness (QED) is 0.248. The van der Waals surface area contributed by atoms with Crippen LogP contribution in [0.15, 0.2) is 72.8 Å². The zero-order valence-corrected chi connectivity index (χ0v) is 22.4. The van der Waals surface area contributed by atoms with Gasteiger partial charge in [-0.15, -0.1) is 0 Å². The Morgan fingerprint density at radius 2 is 1.64 bits per heavy atom. The van der Waals surface area contributed by atoms with Crippen LogP contribution in [-0.2, 0) is 25.5 Å². The SMILES string of the molecule is CC(C)(C)OC(=O)N(CCc1cccc2ccccc12)C[C@H]1C=C(OS(=O)(=O)C(F)(F)F)c2ccccc2O1. The van der Waals surface area contributed by atoms with E-state index in [9.17, 15) is 26.4 Å².